The van der Waals surface area contributed by atoms with Crippen LogP contribution in [0.25, 0.3) is 0 Å². The summed E-state index contributed by atoms with van der Waals surface area (Å²) < 4.78 is 12.7. The largest absolute Gasteiger partial charge is 0.273 e. The molecule has 0 aliphatic heterocycles. The fourth-order valence-electron chi connectivity index (χ4n) is 1.91. The molecule has 0 radical (unpaired) electrons. The monoisotopic (exact) mass is 320 g/mol. The van der Waals surface area contributed by atoms with Crippen LogP contribution in [0.4, 0.5) is 4.39 Å². The van der Waals surface area contributed by atoms with Gasteiger partial charge in [0.25, 0.3) is 0 Å². The van der Waals surface area contributed by atoms with Crippen LogP contribution in [-0.4, -0.2) is 11.8 Å². The fourth-order valence-corrected chi connectivity index (χ4v) is 2.66. The lowest BCUT2D eigenvalue weighted by Gasteiger charge is -2.07. The summed E-state index contributed by atoms with van der Waals surface area (Å²) in [6.07, 6.45) is 2.04. The number of aryl methyl sites for hydroxylation is 1. The lowest BCUT2D eigenvalue weighted by Crippen LogP contribution is -2.42. The Labute approximate surface area is 132 Å². The maximum Gasteiger partial charge on any atom is 0.242 e. The first-order chi connectivity index (χ1) is 10.6. The van der Waals surface area contributed by atoms with Gasteiger partial charge in [0.05, 0.1) is 6.42 Å². The van der Waals surface area contributed by atoms with Crippen LogP contribution in [0.3, 0.4) is 0 Å². The molecule has 0 spiro atoms. The Morgan fingerprint density at radius 3 is 2.45 bits per heavy atom. The number of carbonyl (C=O) groups is 2. The van der Waals surface area contributed by atoms with Crippen LogP contribution in [-0.2, 0) is 22.4 Å². The maximum atomic E-state index is 12.7. The Bertz CT molecular complexity index is 612. The number of rotatable bonds is 6. The molecule has 0 atom stereocenters. The van der Waals surface area contributed by atoms with E-state index in [2.05, 4.69) is 10.9 Å². The lowest BCUT2D eigenvalue weighted by molar-refractivity contribution is -0.128. The van der Waals surface area contributed by atoms with Gasteiger partial charge in [-0.1, -0.05) is 18.2 Å². The summed E-state index contributed by atoms with van der Waals surface area (Å²) >= 11 is 1.67. The third-order valence-corrected chi connectivity index (χ3v) is 3.96. The number of benzene rings is 1. The molecule has 2 amide bonds. The number of hydrogen-bond acceptors (Lipinski definition) is 3. The van der Waals surface area contributed by atoms with Gasteiger partial charge in [-0.15, -0.1) is 11.3 Å². The highest BCUT2D eigenvalue weighted by Crippen LogP contribution is 2.11. The van der Waals surface area contributed by atoms with Gasteiger partial charge in [0, 0.05) is 11.3 Å². The van der Waals surface area contributed by atoms with E-state index in [0.717, 1.165) is 12.8 Å². The van der Waals surface area contributed by atoms with E-state index < -0.39 is 0 Å². The highest BCUT2D eigenvalue weighted by atomic mass is 32.1. The normalized spacial score (nSPS) is 10.2. The fraction of sp³-hybridized carbons (Fsp3) is 0.250. The van der Waals surface area contributed by atoms with E-state index in [1.807, 2.05) is 17.5 Å². The minimum atomic E-state index is -0.344. The van der Waals surface area contributed by atoms with Gasteiger partial charge < -0.3 is 0 Å². The van der Waals surface area contributed by atoms with Gasteiger partial charge in [0.1, 0.15) is 5.82 Å². The summed E-state index contributed by atoms with van der Waals surface area (Å²) in [5.41, 5.74) is 5.43. The first-order valence-electron chi connectivity index (χ1n) is 6.98. The molecule has 2 rings (SSSR count). The van der Waals surface area contributed by atoms with Gasteiger partial charge >= 0.3 is 0 Å². The summed E-state index contributed by atoms with van der Waals surface area (Å²) in [6, 6.07) is 9.69. The predicted octanol–water partition coefficient (Wildman–Crippen LogP) is 2.60. The molecule has 1 aromatic heterocycles. The number of hydrazine groups is 1. The van der Waals surface area contributed by atoms with Crippen molar-refractivity contribution in [2.24, 2.45) is 0 Å². The van der Waals surface area contributed by atoms with E-state index in [4.69, 9.17) is 0 Å². The van der Waals surface area contributed by atoms with Gasteiger partial charge in [-0.25, -0.2) is 4.39 Å². The summed E-state index contributed by atoms with van der Waals surface area (Å²) in [5.74, 6) is -0.898. The molecule has 2 aromatic rings. The summed E-state index contributed by atoms with van der Waals surface area (Å²) in [6.45, 7) is 0. The van der Waals surface area contributed by atoms with E-state index >= 15 is 0 Å². The van der Waals surface area contributed by atoms with Gasteiger partial charge in [0.15, 0.2) is 0 Å². The van der Waals surface area contributed by atoms with Gasteiger partial charge in [-0.2, -0.15) is 0 Å². The zero-order valence-electron chi connectivity index (χ0n) is 12.0. The van der Waals surface area contributed by atoms with Gasteiger partial charge in [-0.3, -0.25) is 20.4 Å². The van der Waals surface area contributed by atoms with Crippen LogP contribution in [0, 0.1) is 5.82 Å². The zero-order valence-corrected chi connectivity index (χ0v) is 12.8. The van der Waals surface area contributed by atoms with E-state index in [9.17, 15) is 14.0 Å². The minimum absolute atomic E-state index is 0.0930. The molecule has 6 heteroatoms. The SMILES string of the molecule is O=C(CCCc1cccs1)NNC(=O)Cc1ccc(F)cc1. The molecule has 2 N–H and O–H groups in total. The maximum absolute atomic E-state index is 12.7. The second-order valence-electron chi connectivity index (χ2n) is 4.83. The zero-order chi connectivity index (χ0) is 15.8. The quantitative estimate of drug-likeness (QED) is 0.804. The van der Waals surface area contributed by atoms with Crippen molar-refractivity contribution in [2.75, 3.05) is 0 Å². The van der Waals surface area contributed by atoms with Crippen LogP contribution >= 0.6 is 11.3 Å². The molecule has 4 nitrogen and oxygen atoms in total. The minimum Gasteiger partial charge on any atom is -0.273 e. The molecule has 0 fully saturated rings. The molecule has 22 heavy (non-hydrogen) atoms. The van der Waals surface area contributed by atoms with Crippen LogP contribution < -0.4 is 10.9 Å². The van der Waals surface area contributed by atoms with Crippen molar-refractivity contribution < 1.29 is 14.0 Å². The summed E-state index contributed by atoms with van der Waals surface area (Å²) in [5, 5.41) is 2.01. The van der Waals surface area contributed by atoms with Crippen molar-refractivity contribution >= 4 is 23.2 Å². The summed E-state index contributed by atoms with van der Waals surface area (Å²) in [4.78, 5) is 24.5. The molecular weight excluding hydrogens is 303 g/mol. The molecule has 0 aliphatic rings. The Hall–Kier alpha value is -2.21. The van der Waals surface area contributed by atoms with Crippen LogP contribution in [0.5, 0.6) is 0 Å². The Balaban J connectivity index is 1.63. The summed E-state index contributed by atoms with van der Waals surface area (Å²) in [7, 11) is 0. The van der Waals surface area contributed by atoms with E-state index in [-0.39, 0.29) is 24.1 Å². The van der Waals surface area contributed by atoms with Crippen LogP contribution in [0.1, 0.15) is 23.3 Å². The molecule has 116 valence electrons. The highest BCUT2D eigenvalue weighted by Gasteiger charge is 2.06. The molecule has 0 bridgehead atoms. The molecule has 0 unspecified atom stereocenters. The Morgan fingerprint density at radius 2 is 1.77 bits per heavy atom. The number of hydrogen-bond donors (Lipinski definition) is 2. The molecular formula is C16H17FN2O2S. The molecule has 0 saturated carbocycles. The van der Waals surface area contributed by atoms with E-state index in [0.29, 0.717) is 12.0 Å². The third kappa shape index (κ3) is 5.65. The average Bonchev–Trinajstić information content (AvgIpc) is 3.01. The second kappa shape index (κ2) is 8.29. The van der Waals surface area contributed by atoms with Gasteiger partial charge in [-0.05, 0) is 42.0 Å². The van der Waals surface area contributed by atoms with Crippen molar-refractivity contribution in [3.8, 4) is 0 Å². The molecule has 0 saturated heterocycles. The number of halogens is 1. The molecule has 0 aliphatic carbocycles. The first-order valence-corrected chi connectivity index (χ1v) is 7.86. The predicted molar refractivity (Wildman–Crippen MR) is 83.6 cm³/mol. The lowest BCUT2D eigenvalue weighted by atomic mass is 10.1. The highest BCUT2D eigenvalue weighted by molar-refractivity contribution is 7.09. The Kier molecular flexibility index (Phi) is 6.09. The van der Waals surface area contributed by atoms with E-state index in [1.54, 1.807) is 11.3 Å². The second-order valence-corrected chi connectivity index (χ2v) is 5.86. The third-order valence-electron chi connectivity index (χ3n) is 3.03. The topological polar surface area (TPSA) is 58.2 Å². The van der Waals surface area contributed by atoms with Crippen molar-refractivity contribution in [3.63, 3.8) is 0 Å². The number of carbonyl (C=O) groups excluding carboxylic acids is 2. The average molecular weight is 320 g/mol. The van der Waals surface area contributed by atoms with Crippen molar-refractivity contribution in [2.45, 2.75) is 25.7 Å². The Morgan fingerprint density at radius 1 is 1.05 bits per heavy atom. The van der Waals surface area contributed by atoms with Crippen molar-refractivity contribution in [3.05, 3.63) is 58.0 Å². The number of amides is 2. The van der Waals surface area contributed by atoms with Crippen molar-refractivity contribution in [1.82, 2.24) is 10.9 Å². The standard InChI is InChI=1S/C16H17FN2O2S/c17-13-8-6-12(7-9-13)11-16(21)19-18-15(20)5-1-3-14-4-2-10-22-14/h2,4,6-10H,1,3,5,11H2,(H,18,20)(H,19,21). The number of nitrogens with one attached hydrogen (secondary N) is 2. The molecule has 1 heterocycles. The smallest absolute Gasteiger partial charge is 0.242 e. The van der Waals surface area contributed by atoms with Crippen LogP contribution in [0.2, 0.25) is 0 Å². The number of thiophene rings is 1. The molecule has 1 aromatic carbocycles. The van der Waals surface area contributed by atoms with E-state index in [1.165, 1.54) is 29.1 Å². The van der Waals surface area contributed by atoms with Crippen molar-refractivity contribution in [1.29, 1.82) is 0 Å². The first kappa shape index (κ1) is 16.2. The van der Waals surface area contributed by atoms with Crippen LogP contribution in [0.15, 0.2) is 41.8 Å². The van der Waals surface area contributed by atoms with Gasteiger partial charge in [0.2, 0.25) is 11.8 Å².